The normalized spacial score (nSPS) is 25.3. The number of H-pyrrole nitrogens is 1. The van der Waals surface area contributed by atoms with Gasteiger partial charge in [0.2, 0.25) is 5.56 Å². The molecule has 0 fully saturated rings. The zero-order valence-electron chi connectivity index (χ0n) is 16.1. The van der Waals surface area contributed by atoms with Gasteiger partial charge in [0.1, 0.15) is 11.4 Å². The second-order valence-electron chi connectivity index (χ2n) is 7.48. The second-order valence-corrected chi connectivity index (χ2v) is 7.48. The van der Waals surface area contributed by atoms with E-state index in [4.69, 9.17) is 4.99 Å². The fourth-order valence-corrected chi connectivity index (χ4v) is 4.58. The molecule has 0 spiro atoms. The molecule has 1 aromatic carbocycles. The Morgan fingerprint density at radius 1 is 1.25 bits per heavy atom. The van der Waals surface area contributed by atoms with Gasteiger partial charge in [-0.2, -0.15) is 0 Å². The van der Waals surface area contributed by atoms with E-state index in [2.05, 4.69) is 24.1 Å². The van der Waals surface area contributed by atoms with Crippen molar-refractivity contribution in [2.75, 3.05) is 0 Å². The van der Waals surface area contributed by atoms with E-state index in [1.807, 2.05) is 19.1 Å². The Balaban J connectivity index is 1.78. The third-order valence-electron chi connectivity index (χ3n) is 5.64. The van der Waals surface area contributed by atoms with Crippen LogP contribution in [0.5, 0.6) is 0 Å². The minimum Gasteiger partial charge on any atom is -0.326 e. The Kier molecular flexibility index (Phi) is 4.71. The molecule has 4 heteroatoms. The minimum atomic E-state index is -0.518. The number of nitrogens with zero attached hydrogens (tertiary/aromatic N) is 1. The van der Waals surface area contributed by atoms with E-state index in [0.717, 1.165) is 24.1 Å². The quantitative estimate of drug-likeness (QED) is 0.599. The number of fused-ring (bicyclic) bond motifs is 4. The van der Waals surface area contributed by atoms with Crippen LogP contribution in [0.15, 0.2) is 75.6 Å². The number of rotatable bonds is 3. The van der Waals surface area contributed by atoms with E-state index in [1.54, 1.807) is 36.6 Å². The van der Waals surface area contributed by atoms with Crippen molar-refractivity contribution in [2.45, 2.75) is 32.2 Å². The number of allylic oxidation sites excluding steroid dienone is 3. The molecule has 2 bridgehead atoms. The van der Waals surface area contributed by atoms with Gasteiger partial charge in [0.15, 0.2) is 0 Å². The molecular formula is C24H23FN2O. The number of aliphatic imine (C=N–C) groups is 1. The summed E-state index contributed by atoms with van der Waals surface area (Å²) in [4.78, 5) is 19.9. The van der Waals surface area contributed by atoms with Crippen LogP contribution in [0.2, 0.25) is 0 Å². The number of hydrogen-bond acceptors (Lipinski definition) is 2. The highest BCUT2D eigenvalue weighted by Gasteiger charge is 2.46. The third-order valence-corrected chi connectivity index (χ3v) is 5.64. The Morgan fingerprint density at radius 3 is 2.86 bits per heavy atom. The maximum atomic E-state index is 13.8. The van der Waals surface area contributed by atoms with Gasteiger partial charge in [-0.25, -0.2) is 4.39 Å². The number of halogens is 1. The number of aromatic amines is 1. The van der Waals surface area contributed by atoms with E-state index in [9.17, 15) is 9.18 Å². The molecule has 0 aliphatic heterocycles. The lowest BCUT2D eigenvalue weighted by Gasteiger charge is -2.45. The van der Waals surface area contributed by atoms with Crippen LogP contribution in [-0.4, -0.2) is 11.2 Å². The van der Waals surface area contributed by atoms with E-state index >= 15 is 0 Å². The molecule has 2 aliphatic carbocycles. The third kappa shape index (κ3) is 3.09. The van der Waals surface area contributed by atoms with Gasteiger partial charge >= 0.3 is 0 Å². The van der Waals surface area contributed by atoms with Crippen LogP contribution in [0.25, 0.3) is 6.08 Å². The molecule has 1 heterocycles. The highest BCUT2D eigenvalue weighted by molar-refractivity contribution is 5.79. The van der Waals surface area contributed by atoms with Gasteiger partial charge in [0.25, 0.3) is 0 Å². The predicted molar refractivity (Wildman–Crippen MR) is 112 cm³/mol. The molecule has 28 heavy (non-hydrogen) atoms. The fraction of sp³-hybridized carbons (Fsp3) is 0.250. The Bertz CT molecular complexity index is 1090. The topological polar surface area (TPSA) is 45.2 Å². The summed E-state index contributed by atoms with van der Waals surface area (Å²) < 4.78 is 13.8. The zero-order valence-corrected chi connectivity index (χ0v) is 16.1. The molecule has 0 amide bonds. The largest absolute Gasteiger partial charge is 0.326 e. The molecular weight excluding hydrogens is 351 g/mol. The predicted octanol–water partition coefficient (Wildman–Crippen LogP) is 4.96. The summed E-state index contributed by atoms with van der Waals surface area (Å²) in [6.07, 6.45) is 11.3. The van der Waals surface area contributed by atoms with E-state index in [0.29, 0.717) is 5.56 Å². The molecule has 0 unspecified atom stereocenters. The number of aromatic nitrogens is 1. The number of nitrogens with one attached hydrogen (secondary N) is 1. The molecule has 0 saturated carbocycles. The first-order chi connectivity index (χ1) is 13.5. The van der Waals surface area contributed by atoms with Crippen molar-refractivity contribution >= 4 is 12.3 Å². The SMILES string of the molecule is C/C=C1\[C@H]2C=C(C)C[C@]1(N=C/C=C/c1ccccc1F)c1ccc(=O)[nH]c1C2. The molecule has 2 aromatic rings. The number of hydrogen-bond donors (Lipinski definition) is 1. The number of benzene rings is 1. The van der Waals surface area contributed by atoms with Crippen molar-refractivity contribution in [3.8, 4) is 0 Å². The smallest absolute Gasteiger partial charge is 0.248 e. The summed E-state index contributed by atoms with van der Waals surface area (Å²) in [6.45, 7) is 4.18. The van der Waals surface area contributed by atoms with E-state index in [1.165, 1.54) is 17.2 Å². The highest BCUT2D eigenvalue weighted by atomic mass is 19.1. The van der Waals surface area contributed by atoms with Crippen molar-refractivity contribution in [2.24, 2.45) is 10.9 Å². The van der Waals surface area contributed by atoms with Crippen LogP contribution in [-0.2, 0) is 12.0 Å². The van der Waals surface area contributed by atoms with Crippen LogP contribution in [0.1, 0.15) is 37.1 Å². The zero-order chi connectivity index (χ0) is 19.7. The van der Waals surface area contributed by atoms with Crippen LogP contribution in [0.3, 0.4) is 0 Å². The fourth-order valence-electron chi connectivity index (χ4n) is 4.58. The molecule has 142 valence electrons. The van der Waals surface area contributed by atoms with Crippen LogP contribution in [0.4, 0.5) is 4.39 Å². The summed E-state index contributed by atoms with van der Waals surface area (Å²) in [5.74, 6) is -0.0199. The summed E-state index contributed by atoms with van der Waals surface area (Å²) in [5.41, 5.74) is 4.50. The lowest BCUT2D eigenvalue weighted by molar-refractivity contribution is 0.413. The van der Waals surface area contributed by atoms with Crippen molar-refractivity contribution in [1.29, 1.82) is 0 Å². The first kappa shape index (κ1) is 18.4. The van der Waals surface area contributed by atoms with Gasteiger partial charge in [-0.15, -0.1) is 0 Å². The summed E-state index contributed by atoms with van der Waals surface area (Å²) in [7, 11) is 0. The van der Waals surface area contributed by atoms with Gasteiger partial charge in [-0.05, 0) is 44.1 Å². The van der Waals surface area contributed by atoms with Gasteiger partial charge < -0.3 is 4.98 Å². The van der Waals surface area contributed by atoms with Crippen LogP contribution in [0, 0.1) is 11.7 Å². The van der Waals surface area contributed by atoms with Gasteiger partial charge in [0, 0.05) is 41.4 Å². The highest BCUT2D eigenvalue weighted by Crippen LogP contribution is 2.51. The van der Waals surface area contributed by atoms with Crippen molar-refractivity contribution < 1.29 is 4.39 Å². The Hall–Kier alpha value is -3.01. The van der Waals surface area contributed by atoms with Gasteiger partial charge in [0.05, 0.1) is 0 Å². The summed E-state index contributed by atoms with van der Waals surface area (Å²) in [5, 5.41) is 0. The van der Waals surface area contributed by atoms with E-state index < -0.39 is 5.54 Å². The molecule has 1 aromatic heterocycles. The van der Waals surface area contributed by atoms with Crippen LogP contribution >= 0.6 is 0 Å². The monoisotopic (exact) mass is 374 g/mol. The molecule has 4 rings (SSSR count). The first-order valence-electron chi connectivity index (χ1n) is 9.56. The molecule has 1 N–H and O–H groups in total. The van der Waals surface area contributed by atoms with Gasteiger partial charge in [-0.3, -0.25) is 9.79 Å². The number of pyridine rings is 1. The maximum Gasteiger partial charge on any atom is 0.248 e. The summed E-state index contributed by atoms with van der Waals surface area (Å²) in [6, 6.07) is 10.1. The molecule has 3 nitrogen and oxygen atoms in total. The molecule has 0 saturated heterocycles. The average molecular weight is 374 g/mol. The lowest BCUT2D eigenvalue weighted by atomic mass is 9.63. The second kappa shape index (κ2) is 7.19. The Labute approximate surface area is 164 Å². The average Bonchev–Trinajstić information content (AvgIpc) is 2.65. The molecule has 2 atom stereocenters. The summed E-state index contributed by atoms with van der Waals surface area (Å²) >= 11 is 0. The molecule has 2 aliphatic rings. The van der Waals surface area contributed by atoms with Crippen molar-refractivity contribution in [3.05, 3.63) is 98.8 Å². The Morgan fingerprint density at radius 2 is 2.07 bits per heavy atom. The van der Waals surface area contributed by atoms with Gasteiger partial charge in [-0.1, -0.05) is 42.0 Å². The van der Waals surface area contributed by atoms with Crippen molar-refractivity contribution in [1.82, 2.24) is 4.98 Å². The van der Waals surface area contributed by atoms with Crippen LogP contribution < -0.4 is 5.56 Å². The lowest BCUT2D eigenvalue weighted by Crippen LogP contribution is -2.40. The minimum absolute atomic E-state index is 0.0833. The first-order valence-corrected chi connectivity index (χ1v) is 9.56. The van der Waals surface area contributed by atoms with Crippen molar-refractivity contribution in [3.63, 3.8) is 0 Å². The maximum absolute atomic E-state index is 13.8. The van der Waals surface area contributed by atoms with E-state index in [-0.39, 0.29) is 17.3 Å². The molecule has 0 radical (unpaired) electrons. The standard InChI is InChI=1S/C24H23FN2O/c1-3-19-18-13-16(2)15-24(19,20-10-11-23(28)27-22(20)14-18)26-12-6-8-17-7-4-5-9-21(17)25/h3-13,18H,14-15H2,1-2H3,(H,27,28)/b8-6+,19-3+,26-12?/t18-,24+/m0/s1.